The Morgan fingerprint density at radius 2 is 2.33 bits per heavy atom. The topological polar surface area (TPSA) is 63.3 Å². The van der Waals surface area contributed by atoms with E-state index in [0.717, 1.165) is 12.1 Å². The van der Waals surface area contributed by atoms with E-state index >= 15 is 0 Å². The van der Waals surface area contributed by atoms with Gasteiger partial charge in [0.05, 0.1) is 0 Å². The third-order valence-electron chi connectivity index (χ3n) is 1.81. The number of aliphatic imine (C=N–C) groups is 1. The van der Waals surface area contributed by atoms with Crippen LogP contribution in [0.4, 0.5) is 0 Å². The summed E-state index contributed by atoms with van der Waals surface area (Å²) in [5, 5.41) is 3.04. The second-order valence-corrected chi connectivity index (χ2v) is 3.64. The molecule has 0 atom stereocenters. The van der Waals surface area contributed by atoms with Crippen LogP contribution in [0.25, 0.3) is 0 Å². The Bertz CT molecular complexity index is 306. The molecule has 1 rings (SSSR count). The van der Waals surface area contributed by atoms with Gasteiger partial charge in [0.2, 0.25) is 0 Å². The highest BCUT2D eigenvalue weighted by molar-refractivity contribution is 5.78. The molecule has 0 radical (unpaired) electrons. The molecule has 0 amide bonds. The Labute approximate surface area is 90.6 Å². The lowest BCUT2D eigenvalue weighted by Gasteiger charge is -2.08. The Morgan fingerprint density at radius 3 is 2.93 bits per heavy atom. The Hall–Kier alpha value is -1.58. The van der Waals surface area contributed by atoms with Gasteiger partial charge in [-0.15, -0.1) is 0 Å². The average Bonchev–Trinajstić information content (AvgIpc) is 2.18. The number of rotatable bonds is 4. The lowest BCUT2D eigenvalue weighted by atomic mass is 10.3. The van der Waals surface area contributed by atoms with Crippen LogP contribution in [-0.2, 0) is 6.42 Å². The normalized spacial score (nSPS) is 11.8. The van der Waals surface area contributed by atoms with Gasteiger partial charge in [0, 0.05) is 30.9 Å². The number of guanidine groups is 1. The van der Waals surface area contributed by atoms with Gasteiger partial charge in [0.25, 0.3) is 0 Å². The van der Waals surface area contributed by atoms with E-state index in [9.17, 15) is 0 Å². The van der Waals surface area contributed by atoms with Gasteiger partial charge in [0.1, 0.15) is 0 Å². The molecule has 1 aromatic rings. The molecule has 0 aromatic carbocycles. The number of hydrogen-bond acceptors (Lipinski definition) is 2. The van der Waals surface area contributed by atoms with Crippen molar-refractivity contribution in [3.05, 3.63) is 30.1 Å². The van der Waals surface area contributed by atoms with E-state index < -0.39 is 0 Å². The molecule has 82 valence electrons. The number of pyridine rings is 1. The smallest absolute Gasteiger partial charge is 0.188 e. The van der Waals surface area contributed by atoms with Gasteiger partial charge in [-0.2, -0.15) is 0 Å². The summed E-state index contributed by atoms with van der Waals surface area (Å²) in [4.78, 5) is 8.41. The first-order valence-electron chi connectivity index (χ1n) is 5.15. The van der Waals surface area contributed by atoms with Crippen molar-refractivity contribution in [2.24, 2.45) is 10.7 Å². The van der Waals surface area contributed by atoms with Crippen LogP contribution in [0.3, 0.4) is 0 Å². The Morgan fingerprint density at radius 1 is 1.53 bits per heavy atom. The van der Waals surface area contributed by atoms with Crippen LogP contribution < -0.4 is 11.1 Å². The molecule has 0 aliphatic heterocycles. The SMILES string of the molecule is CC(C)NC(N)=NCCc1ccccn1. The molecular formula is C11H18N4. The lowest BCUT2D eigenvalue weighted by molar-refractivity contribution is 0.722. The fourth-order valence-corrected chi connectivity index (χ4v) is 1.18. The largest absolute Gasteiger partial charge is 0.370 e. The summed E-state index contributed by atoms with van der Waals surface area (Å²) in [6, 6.07) is 6.19. The van der Waals surface area contributed by atoms with Crippen LogP contribution in [-0.4, -0.2) is 23.5 Å². The van der Waals surface area contributed by atoms with Crippen molar-refractivity contribution in [2.75, 3.05) is 6.54 Å². The molecule has 0 spiro atoms. The van der Waals surface area contributed by atoms with Crippen LogP contribution in [0.5, 0.6) is 0 Å². The summed E-state index contributed by atoms with van der Waals surface area (Å²) < 4.78 is 0. The zero-order valence-electron chi connectivity index (χ0n) is 9.27. The summed E-state index contributed by atoms with van der Waals surface area (Å²) >= 11 is 0. The number of nitrogens with zero attached hydrogens (tertiary/aromatic N) is 2. The second-order valence-electron chi connectivity index (χ2n) is 3.64. The third-order valence-corrected chi connectivity index (χ3v) is 1.81. The summed E-state index contributed by atoms with van der Waals surface area (Å²) in [5.74, 6) is 0.501. The molecule has 15 heavy (non-hydrogen) atoms. The minimum absolute atomic E-state index is 0.323. The van der Waals surface area contributed by atoms with Gasteiger partial charge >= 0.3 is 0 Å². The highest BCUT2D eigenvalue weighted by Gasteiger charge is 1.95. The van der Waals surface area contributed by atoms with Crippen molar-refractivity contribution in [2.45, 2.75) is 26.3 Å². The fraction of sp³-hybridized carbons (Fsp3) is 0.455. The monoisotopic (exact) mass is 206 g/mol. The van der Waals surface area contributed by atoms with E-state index in [1.807, 2.05) is 32.0 Å². The Kier molecular flexibility index (Phi) is 4.60. The summed E-state index contributed by atoms with van der Waals surface area (Å²) in [6.07, 6.45) is 2.61. The van der Waals surface area contributed by atoms with E-state index in [-0.39, 0.29) is 0 Å². The fourth-order valence-electron chi connectivity index (χ4n) is 1.18. The van der Waals surface area contributed by atoms with Crippen molar-refractivity contribution < 1.29 is 0 Å². The molecule has 1 heterocycles. The van der Waals surface area contributed by atoms with Crippen LogP contribution in [0.15, 0.2) is 29.4 Å². The molecule has 3 N–H and O–H groups in total. The van der Waals surface area contributed by atoms with Gasteiger partial charge in [0.15, 0.2) is 5.96 Å². The average molecular weight is 206 g/mol. The standard InChI is InChI=1S/C11H18N4/c1-9(2)15-11(12)14-8-6-10-5-3-4-7-13-10/h3-5,7,9H,6,8H2,1-2H3,(H3,12,14,15). The van der Waals surface area contributed by atoms with Gasteiger partial charge < -0.3 is 11.1 Å². The highest BCUT2D eigenvalue weighted by atomic mass is 15.1. The third kappa shape index (κ3) is 5.00. The minimum atomic E-state index is 0.323. The van der Waals surface area contributed by atoms with Gasteiger partial charge in [-0.25, -0.2) is 0 Å². The van der Waals surface area contributed by atoms with Crippen molar-refractivity contribution >= 4 is 5.96 Å². The molecule has 0 bridgehead atoms. The number of nitrogens with two attached hydrogens (primary N) is 1. The molecule has 0 aliphatic carbocycles. The van der Waals surface area contributed by atoms with E-state index in [1.165, 1.54) is 0 Å². The predicted molar refractivity (Wildman–Crippen MR) is 62.7 cm³/mol. The zero-order chi connectivity index (χ0) is 11.1. The quantitative estimate of drug-likeness (QED) is 0.569. The van der Waals surface area contributed by atoms with Crippen molar-refractivity contribution in [1.82, 2.24) is 10.3 Å². The van der Waals surface area contributed by atoms with Gasteiger partial charge in [-0.1, -0.05) is 6.07 Å². The van der Waals surface area contributed by atoms with E-state index in [4.69, 9.17) is 5.73 Å². The van der Waals surface area contributed by atoms with Crippen LogP contribution in [0.2, 0.25) is 0 Å². The van der Waals surface area contributed by atoms with Crippen LogP contribution in [0.1, 0.15) is 19.5 Å². The maximum atomic E-state index is 5.66. The second kappa shape index (κ2) is 6.01. The number of nitrogens with one attached hydrogen (secondary N) is 1. The van der Waals surface area contributed by atoms with Crippen LogP contribution >= 0.6 is 0 Å². The number of hydrogen-bond donors (Lipinski definition) is 2. The van der Waals surface area contributed by atoms with Crippen molar-refractivity contribution in [3.8, 4) is 0 Å². The van der Waals surface area contributed by atoms with Gasteiger partial charge in [-0.05, 0) is 26.0 Å². The predicted octanol–water partition coefficient (Wildman–Crippen LogP) is 0.937. The Balaban J connectivity index is 2.32. The highest BCUT2D eigenvalue weighted by Crippen LogP contribution is 1.94. The number of aromatic nitrogens is 1. The van der Waals surface area contributed by atoms with Crippen LogP contribution in [0, 0.1) is 0 Å². The molecule has 1 aromatic heterocycles. The molecular weight excluding hydrogens is 188 g/mol. The van der Waals surface area contributed by atoms with Gasteiger partial charge in [-0.3, -0.25) is 9.98 Å². The lowest BCUT2D eigenvalue weighted by Crippen LogP contribution is -2.36. The minimum Gasteiger partial charge on any atom is -0.370 e. The first-order chi connectivity index (χ1) is 7.18. The first-order valence-corrected chi connectivity index (χ1v) is 5.15. The summed E-state index contributed by atoms with van der Waals surface area (Å²) in [5.41, 5.74) is 6.70. The molecule has 0 fully saturated rings. The molecule has 0 saturated carbocycles. The summed E-state index contributed by atoms with van der Waals surface area (Å²) in [7, 11) is 0. The molecule has 4 nitrogen and oxygen atoms in total. The molecule has 0 saturated heterocycles. The van der Waals surface area contributed by atoms with E-state index in [0.29, 0.717) is 18.5 Å². The molecule has 4 heteroatoms. The molecule has 0 aliphatic rings. The first kappa shape index (κ1) is 11.5. The zero-order valence-corrected chi connectivity index (χ0v) is 9.27. The van der Waals surface area contributed by atoms with E-state index in [2.05, 4.69) is 15.3 Å². The van der Waals surface area contributed by atoms with E-state index in [1.54, 1.807) is 6.20 Å². The van der Waals surface area contributed by atoms with Crippen molar-refractivity contribution in [1.29, 1.82) is 0 Å². The van der Waals surface area contributed by atoms with Crippen molar-refractivity contribution in [3.63, 3.8) is 0 Å². The molecule has 0 unspecified atom stereocenters. The summed E-state index contributed by atoms with van der Waals surface area (Å²) in [6.45, 7) is 4.73. The maximum Gasteiger partial charge on any atom is 0.188 e. The maximum absolute atomic E-state index is 5.66.